The summed E-state index contributed by atoms with van der Waals surface area (Å²) >= 11 is 0. The number of amides is 5. The number of nitrogens with zero attached hydrogens (tertiary/aromatic N) is 6. The van der Waals surface area contributed by atoms with Gasteiger partial charge in [0.05, 0.1) is 37.9 Å². The smallest absolute Gasteiger partial charge is 0.334 e. The fraction of sp³-hybridized carbons (Fsp3) is 0.244. The molecule has 2 saturated heterocycles. The van der Waals surface area contributed by atoms with Crippen molar-refractivity contribution in [3.8, 4) is 18.1 Å². The zero-order valence-electron chi connectivity index (χ0n) is 29.8. The SMILES string of the molecule is C#CCNC(=O)c1ccccc1Cn1ncc2c(CN3C[C@H]4N(C(=O)CN(C)N4C(=O)NCc4ccccc4)[C@@H](Cc4ccc(O)cc4)C3=O)cccc21. The predicted molar refractivity (Wildman–Crippen MR) is 201 cm³/mol. The number of benzene rings is 4. The van der Waals surface area contributed by atoms with Gasteiger partial charge in [-0.25, -0.2) is 14.8 Å². The Morgan fingerprint density at radius 2 is 1.63 bits per heavy atom. The van der Waals surface area contributed by atoms with Crippen LogP contribution in [0.1, 0.15) is 32.6 Å². The number of likely N-dealkylation sites (N-methyl/N-ethyl adjacent to an activating group) is 1. The summed E-state index contributed by atoms with van der Waals surface area (Å²) in [5, 5.41) is 24.3. The molecule has 1 aromatic heterocycles. The topological polar surface area (TPSA) is 143 Å². The van der Waals surface area contributed by atoms with Crippen molar-refractivity contribution < 1.29 is 24.3 Å². The lowest BCUT2D eigenvalue weighted by molar-refractivity contribution is -0.187. The zero-order valence-corrected chi connectivity index (χ0v) is 29.8. The molecule has 3 N–H and O–H groups in total. The molecule has 13 nitrogen and oxygen atoms in total. The van der Waals surface area contributed by atoms with Gasteiger partial charge in [-0.05, 0) is 46.5 Å². The van der Waals surface area contributed by atoms with Gasteiger partial charge in [-0.3, -0.25) is 19.1 Å². The first kappa shape index (κ1) is 35.7. The highest BCUT2D eigenvalue weighted by Gasteiger charge is 2.50. The van der Waals surface area contributed by atoms with E-state index in [1.807, 2.05) is 65.3 Å². The molecule has 4 aromatic carbocycles. The molecule has 5 amide bonds. The van der Waals surface area contributed by atoms with Crippen molar-refractivity contribution in [2.45, 2.75) is 38.3 Å². The van der Waals surface area contributed by atoms with E-state index < -0.39 is 18.2 Å². The molecule has 0 unspecified atom stereocenters. The lowest BCUT2D eigenvalue weighted by atomic mass is 9.98. The van der Waals surface area contributed by atoms with Crippen LogP contribution in [0.5, 0.6) is 5.75 Å². The largest absolute Gasteiger partial charge is 0.508 e. The van der Waals surface area contributed by atoms with E-state index in [-0.39, 0.29) is 62.6 Å². The number of phenols is 1. The molecule has 2 aliphatic heterocycles. The van der Waals surface area contributed by atoms with Crippen molar-refractivity contribution in [3.05, 3.63) is 131 Å². The molecule has 7 rings (SSSR count). The van der Waals surface area contributed by atoms with Gasteiger partial charge in [-0.2, -0.15) is 5.10 Å². The van der Waals surface area contributed by atoms with E-state index in [1.54, 1.807) is 64.5 Å². The van der Waals surface area contributed by atoms with Gasteiger partial charge in [0.2, 0.25) is 11.8 Å². The van der Waals surface area contributed by atoms with E-state index in [9.17, 15) is 24.3 Å². The fourth-order valence-electron chi connectivity index (χ4n) is 7.26. The second kappa shape index (κ2) is 15.5. The lowest BCUT2D eigenvalue weighted by Crippen LogP contribution is -2.76. The van der Waals surface area contributed by atoms with Crippen LogP contribution in [-0.4, -0.2) is 97.3 Å². The van der Waals surface area contributed by atoms with Crippen molar-refractivity contribution in [1.29, 1.82) is 0 Å². The maximum atomic E-state index is 14.5. The van der Waals surface area contributed by atoms with Crippen LogP contribution in [-0.2, 0) is 35.6 Å². The quantitative estimate of drug-likeness (QED) is 0.188. The number of hydrogen-bond donors (Lipinski definition) is 3. The Labute approximate surface area is 312 Å². The number of hydrazine groups is 1. The highest BCUT2D eigenvalue weighted by Crippen LogP contribution is 2.30. The van der Waals surface area contributed by atoms with Gasteiger partial charge in [0.1, 0.15) is 18.0 Å². The van der Waals surface area contributed by atoms with E-state index in [0.717, 1.165) is 33.2 Å². The molecule has 54 heavy (non-hydrogen) atoms. The number of nitrogens with one attached hydrogen (secondary N) is 2. The number of fused-ring (bicyclic) bond motifs is 2. The molecule has 2 aliphatic rings. The van der Waals surface area contributed by atoms with Gasteiger partial charge in [-0.15, -0.1) is 6.42 Å². The number of terminal acetylenes is 1. The summed E-state index contributed by atoms with van der Waals surface area (Å²) in [6.45, 7) is 0.914. The van der Waals surface area contributed by atoms with E-state index in [0.29, 0.717) is 12.1 Å². The summed E-state index contributed by atoms with van der Waals surface area (Å²) in [6, 6.07) is 27.9. The first-order valence-electron chi connectivity index (χ1n) is 17.6. The number of hydrogen-bond acceptors (Lipinski definition) is 7. The van der Waals surface area contributed by atoms with Crippen LogP contribution in [0.15, 0.2) is 103 Å². The van der Waals surface area contributed by atoms with Crippen LogP contribution >= 0.6 is 0 Å². The van der Waals surface area contributed by atoms with E-state index in [2.05, 4.69) is 21.7 Å². The van der Waals surface area contributed by atoms with Crippen molar-refractivity contribution in [1.82, 2.24) is 40.2 Å². The molecule has 3 heterocycles. The molecule has 5 aromatic rings. The van der Waals surface area contributed by atoms with Crippen LogP contribution in [0.25, 0.3) is 10.9 Å². The van der Waals surface area contributed by atoms with Crippen molar-refractivity contribution in [3.63, 3.8) is 0 Å². The number of carbonyl (C=O) groups is 4. The fourth-order valence-corrected chi connectivity index (χ4v) is 7.26. The maximum Gasteiger partial charge on any atom is 0.334 e. The molecule has 2 fully saturated rings. The normalized spacial score (nSPS) is 17.3. The van der Waals surface area contributed by atoms with Crippen LogP contribution in [0, 0.1) is 12.3 Å². The molecule has 0 saturated carbocycles. The zero-order chi connectivity index (χ0) is 37.8. The van der Waals surface area contributed by atoms with E-state index in [1.165, 1.54) is 5.01 Å². The average molecular weight is 725 g/mol. The molecule has 0 spiro atoms. The Balaban J connectivity index is 1.19. The van der Waals surface area contributed by atoms with Gasteiger partial charge < -0.3 is 25.5 Å². The minimum Gasteiger partial charge on any atom is -0.508 e. The molecule has 0 radical (unpaired) electrons. The molecule has 0 aliphatic carbocycles. The lowest BCUT2D eigenvalue weighted by Gasteiger charge is -2.54. The first-order valence-corrected chi connectivity index (χ1v) is 17.6. The van der Waals surface area contributed by atoms with Gasteiger partial charge in [0.15, 0.2) is 0 Å². The average Bonchev–Trinajstić information content (AvgIpc) is 3.59. The van der Waals surface area contributed by atoms with Gasteiger partial charge >= 0.3 is 6.03 Å². The number of carbonyl (C=O) groups excluding carboxylic acids is 4. The monoisotopic (exact) mass is 724 g/mol. The molecular weight excluding hydrogens is 685 g/mol. The van der Waals surface area contributed by atoms with Gasteiger partial charge in [-0.1, -0.05) is 78.7 Å². The summed E-state index contributed by atoms with van der Waals surface area (Å²) in [4.78, 5) is 58.3. The second-order valence-corrected chi connectivity index (χ2v) is 13.4. The summed E-state index contributed by atoms with van der Waals surface area (Å²) < 4.78 is 1.81. The van der Waals surface area contributed by atoms with Crippen molar-refractivity contribution in [2.75, 3.05) is 26.7 Å². The van der Waals surface area contributed by atoms with Gasteiger partial charge in [0.25, 0.3) is 5.91 Å². The van der Waals surface area contributed by atoms with Crippen molar-refractivity contribution >= 4 is 34.7 Å². The van der Waals surface area contributed by atoms with E-state index in [4.69, 9.17) is 6.42 Å². The Bertz CT molecular complexity index is 2230. The number of urea groups is 1. The number of piperazine rings is 1. The Kier molecular flexibility index (Phi) is 10.3. The Morgan fingerprint density at radius 3 is 2.41 bits per heavy atom. The van der Waals surface area contributed by atoms with Crippen LogP contribution < -0.4 is 10.6 Å². The summed E-state index contributed by atoms with van der Waals surface area (Å²) in [5.74, 6) is 1.74. The molecular formula is C41H40N8O5. The minimum atomic E-state index is -0.905. The maximum absolute atomic E-state index is 14.5. The molecule has 2 atom stereocenters. The third-order valence-corrected chi connectivity index (χ3v) is 9.87. The minimum absolute atomic E-state index is 0.0738. The predicted octanol–water partition coefficient (Wildman–Crippen LogP) is 3.33. The molecule has 13 heteroatoms. The number of aromatic nitrogens is 2. The van der Waals surface area contributed by atoms with Crippen molar-refractivity contribution in [2.24, 2.45) is 0 Å². The molecule has 0 bridgehead atoms. The van der Waals surface area contributed by atoms with Crippen LogP contribution in [0.2, 0.25) is 0 Å². The second-order valence-electron chi connectivity index (χ2n) is 13.4. The number of phenolic OH excluding ortho intramolecular Hbond substituents is 1. The third-order valence-electron chi connectivity index (χ3n) is 9.87. The standard InChI is InChI=1S/C41H40N8O5/c1-3-20-42-39(52)33-14-8-7-12-31(33)25-47-35-15-9-13-30(34(35)23-44-47)24-46-26-37-48(36(40(46)53)21-28-16-18-32(50)19-17-28)38(51)27-45(2)49(37)41(54)43-22-29-10-5-4-6-11-29/h1,4-19,23,36-37,50H,20-22,24-27H2,2H3,(H,42,52)(H,43,54)/t36-,37-/m0/s1. The first-order chi connectivity index (χ1) is 26.2. The number of rotatable bonds is 10. The Hall–Kier alpha value is -6.65. The molecule has 274 valence electrons. The summed E-state index contributed by atoms with van der Waals surface area (Å²) in [6.07, 6.45) is 6.50. The van der Waals surface area contributed by atoms with E-state index >= 15 is 0 Å². The third kappa shape index (κ3) is 7.33. The summed E-state index contributed by atoms with van der Waals surface area (Å²) in [5.41, 5.74) is 4.60. The number of aromatic hydroxyl groups is 1. The van der Waals surface area contributed by atoms with Crippen LogP contribution in [0.4, 0.5) is 4.79 Å². The highest BCUT2D eigenvalue weighted by atomic mass is 16.3. The Morgan fingerprint density at radius 1 is 0.889 bits per heavy atom. The van der Waals surface area contributed by atoms with Gasteiger partial charge in [0, 0.05) is 37.5 Å². The highest BCUT2D eigenvalue weighted by molar-refractivity contribution is 5.96. The summed E-state index contributed by atoms with van der Waals surface area (Å²) in [7, 11) is 1.69. The van der Waals surface area contributed by atoms with Crippen LogP contribution in [0.3, 0.4) is 0 Å².